The molecule has 0 aromatic heterocycles. The molecule has 0 bridgehead atoms. The van der Waals surface area contributed by atoms with Gasteiger partial charge in [0.15, 0.2) is 0 Å². The molecule has 1 heterocycles. The van der Waals surface area contributed by atoms with Gasteiger partial charge >= 0.3 is 5.97 Å². The van der Waals surface area contributed by atoms with Crippen molar-refractivity contribution in [1.82, 2.24) is 0 Å². The minimum Gasteiger partial charge on any atom is -0.491 e. The van der Waals surface area contributed by atoms with Gasteiger partial charge in [0.1, 0.15) is 18.2 Å². The van der Waals surface area contributed by atoms with Crippen molar-refractivity contribution in [2.45, 2.75) is 46.6 Å². The Labute approximate surface area is 210 Å². The molecule has 3 aromatic carbocycles. The zero-order valence-electron chi connectivity index (χ0n) is 21.0. The number of nitrogens with one attached hydrogen (secondary N) is 1. The molecule has 1 aliphatic heterocycles. The average Bonchev–Trinajstić information content (AvgIpc) is 3.18. The number of amides is 1. The minimum atomic E-state index is -1.14. The molecule has 1 atom stereocenters. The van der Waals surface area contributed by atoms with Crippen LogP contribution in [-0.4, -0.2) is 36.2 Å². The van der Waals surface area contributed by atoms with Gasteiger partial charge in [0.2, 0.25) is 0 Å². The number of hydrogen-bond acceptors (Lipinski definition) is 4. The Kier molecular flexibility index (Phi) is 7.29. The second-order valence-corrected chi connectivity index (χ2v) is 9.28. The number of rotatable bonds is 8. The second-order valence-electron chi connectivity index (χ2n) is 9.28. The van der Waals surface area contributed by atoms with Gasteiger partial charge in [-0.05, 0) is 87.2 Å². The third-order valence-corrected chi connectivity index (χ3v) is 6.84. The number of nitrogens with zero attached hydrogens (tertiary/aromatic N) is 1. The summed E-state index contributed by atoms with van der Waals surface area (Å²) in [5.41, 5.74) is 6.36. The van der Waals surface area contributed by atoms with E-state index in [2.05, 4.69) is 42.3 Å². The van der Waals surface area contributed by atoms with Gasteiger partial charge < -0.3 is 20.1 Å². The lowest BCUT2D eigenvalue weighted by atomic mass is 10.0. The van der Waals surface area contributed by atoms with Gasteiger partial charge in [-0.25, -0.2) is 4.39 Å². The number of anilines is 2. The van der Waals surface area contributed by atoms with Crippen molar-refractivity contribution in [2.75, 3.05) is 23.4 Å². The maximum Gasteiger partial charge on any atom is 0.307 e. The first-order chi connectivity index (χ1) is 17.2. The molecule has 0 fully saturated rings. The number of likely N-dealkylation sites (N-methyl/N-ethyl adjacent to an activating group) is 1. The fraction of sp³-hybridized carbons (Fsp3) is 0.310. The number of carbonyl (C=O) groups excluding carboxylic acids is 1. The highest BCUT2D eigenvalue weighted by atomic mass is 19.1. The standard InChI is InChI=1S/C29H31FN2O4/c1-5-32-23(14-21-12-17(2)6-10-26(21)32)16-36-27-11-8-24(18(3)19(27)4)29(35)31-22-7-9-25(30)20(13-22)15-28(33)34/h6-13,23H,5,14-16H2,1-4H3,(H,31,35)(H,33,34)/t23-/m1/s1. The van der Waals surface area contributed by atoms with Crippen molar-refractivity contribution in [3.8, 4) is 5.75 Å². The van der Waals surface area contributed by atoms with Crippen LogP contribution in [0.15, 0.2) is 48.5 Å². The summed E-state index contributed by atoms with van der Waals surface area (Å²) in [6, 6.07) is 14.3. The third kappa shape index (κ3) is 5.20. The van der Waals surface area contributed by atoms with Crippen LogP contribution in [0.25, 0.3) is 0 Å². The summed E-state index contributed by atoms with van der Waals surface area (Å²) >= 11 is 0. The van der Waals surface area contributed by atoms with E-state index in [0.717, 1.165) is 35.9 Å². The molecule has 0 saturated heterocycles. The molecule has 0 radical (unpaired) electrons. The van der Waals surface area contributed by atoms with Crippen molar-refractivity contribution in [3.05, 3.63) is 87.7 Å². The third-order valence-electron chi connectivity index (χ3n) is 6.84. The molecule has 7 heteroatoms. The van der Waals surface area contributed by atoms with E-state index in [1.807, 2.05) is 13.8 Å². The van der Waals surface area contributed by atoms with Crippen LogP contribution < -0.4 is 15.0 Å². The number of ether oxygens (including phenoxy) is 1. The van der Waals surface area contributed by atoms with E-state index in [0.29, 0.717) is 17.9 Å². The SMILES string of the molecule is CCN1c2ccc(C)cc2C[C@@H]1COc1ccc(C(=O)Nc2ccc(F)c(CC(=O)O)c2)c(C)c1C. The molecule has 1 aliphatic rings. The van der Waals surface area contributed by atoms with Crippen molar-refractivity contribution >= 4 is 23.3 Å². The number of carboxylic acids is 1. The highest BCUT2D eigenvalue weighted by Crippen LogP contribution is 2.33. The molecular weight excluding hydrogens is 459 g/mol. The number of fused-ring (bicyclic) bond motifs is 1. The van der Waals surface area contributed by atoms with Crippen molar-refractivity contribution < 1.29 is 23.8 Å². The van der Waals surface area contributed by atoms with Crippen molar-refractivity contribution in [3.63, 3.8) is 0 Å². The highest BCUT2D eigenvalue weighted by molar-refractivity contribution is 6.05. The second kappa shape index (κ2) is 10.4. The van der Waals surface area contributed by atoms with Crippen molar-refractivity contribution in [1.29, 1.82) is 0 Å². The summed E-state index contributed by atoms with van der Waals surface area (Å²) < 4.78 is 20.1. The lowest BCUT2D eigenvalue weighted by Gasteiger charge is -2.26. The van der Waals surface area contributed by atoms with Crippen LogP contribution in [0.4, 0.5) is 15.8 Å². The fourth-order valence-corrected chi connectivity index (χ4v) is 4.83. The van der Waals surface area contributed by atoms with Crippen LogP contribution in [-0.2, 0) is 17.6 Å². The van der Waals surface area contributed by atoms with E-state index in [1.54, 1.807) is 12.1 Å². The number of aryl methyl sites for hydroxylation is 1. The number of benzene rings is 3. The van der Waals surface area contributed by atoms with Crippen LogP contribution in [0, 0.1) is 26.6 Å². The predicted molar refractivity (Wildman–Crippen MR) is 139 cm³/mol. The van der Waals surface area contributed by atoms with Gasteiger partial charge in [-0.1, -0.05) is 17.7 Å². The number of hydrogen-bond donors (Lipinski definition) is 2. The van der Waals surface area contributed by atoms with E-state index < -0.39 is 18.2 Å². The summed E-state index contributed by atoms with van der Waals surface area (Å²) in [4.78, 5) is 26.3. The van der Waals surface area contributed by atoms with E-state index in [-0.39, 0.29) is 17.5 Å². The number of carboxylic acid groups (broad SMARTS) is 1. The van der Waals surface area contributed by atoms with Crippen LogP contribution in [0.5, 0.6) is 5.75 Å². The van der Waals surface area contributed by atoms with Gasteiger partial charge in [0, 0.05) is 29.0 Å². The molecular formula is C29H31FN2O4. The van der Waals surface area contributed by atoms with Gasteiger partial charge in [-0.2, -0.15) is 0 Å². The van der Waals surface area contributed by atoms with Crippen LogP contribution in [0.2, 0.25) is 0 Å². The first kappa shape index (κ1) is 25.2. The molecule has 0 aliphatic carbocycles. The summed E-state index contributed by atoms with van der Waals surface area (Å²) in [6.45, 7) is 9.48. The Morgan fingerprint density at radius 3 is 2.58 bits per heavy atom. The summed E-state index contributed by atoms with van der Waals surface area (Å²) in [7, 11) is 0. The summed E-state index contributed by atoms with van der Waals surface area (Å²) in [5, 5.41) is 11.7. The van der Waals surface area contributed by atoms with Crippen molar-refractivity contribution in [2.24, 2.45) is 0 Å². The molecule has 36 heavy (non-hydrogen) atoms. The smallest absolute Gasteiger partial charge is 0.307 e. The summed E-state index contributed by atoms with van der Waals surface area (Å²) in [6.07, 6.45) is 0.478. The number of aliphatic carboxylic acids is 1. The fourth-order valence-electron chi connectivity index (χ4n) is 4.83. The van der Waals surface area contributed by atoms with Gasteiger partial charge in [-0.3, -0.25) is 9.59 Å². The highest BCUT2D eigenvalue weighted by Gasteiger charge is 2.29. The van der Waals surface area contributed by atoms with Gasteiger partial charge in [-0.15, -0.1) is 0 Å². The first-order valence-electron chi connectivity index (χ1n) is 12.1. The average molecular weight is 491 g/mol. The molecule has 0 saturated carbocycles. The van der Waals surface area contributed by atoms with E-state index >= 15 is 0 Å². The zero-order chi connectivity index (χ0) is 26.0. The lowest BCUT2D eigenvalue weighted by Crippen LogP contribution is -2.36. The van der Waals surface area contributed by atoms with Gasteiger partial charge in [0.25, 0.3) is 5.91 Å². The van der Waals surface area contributed by atoms with Crippen LogP contribution in [0.1, 0.15) is 45.1 Å². The topological polar surface area (TPSA) is 78.9 Å². The molecule has 4 rings (SSSR count). The Hall–Kier alpha value is -3.87. The number of carbonyl (C=O) groups is 2. The largest absolute Gasteiger partial charge is 0.491 e. The maximum atomic E-state index is 13.9. The maximum absolute atomic E-state index is 13.9. The lowest BCUT2D eigenvalue weighted by molar-refractivity contribution is -0.136. The normalized spacial score (nSPS) is 14.5. The quantitative estimate of drug-likeness (QED) is 0.438. The van der Waals surface area contributed by atoms with Crippen LogP contribution >= 0.6 is 0 Å². The van der Waals surface area contributed by atoms with E-state index in [4.69, 9.17) is 9.84 Å². The Morgan fingerprint density at radius 1 is 1.08 bits per heavy atom. The first-order valence-corrected chi connectivity index (χ1v) is 12.1. The monoisotopic (exact) mass is 490 g/mol. The Bertz CT molecular complexity index is 1320. The zero-order valence-corrected chi connectivity index (χ0v) is 21.0. The Morgan fingerprint density at radius 2 is 1.86 bits per heavy atom. The molecule has 188 valence electrons. The van der Waals surface area contributed by atoms with Crippen LogP contribution in [0.3, 0.4) is 0 Å². The summed E-state index contributed by atoms with van der Waals surface area (Å²) in [5.74, 6) is -1.38. The molecule has 0 spiro atoms. The Balaban J connectivity index is 1.46. The molecule has 2 N–H and O–H groups in total. The molecule has 1 amide bonds. The minimum absolute atomic E-state index is 0.0160. The van der Waals surface area contributed by atoms with E-state index in [9.17, 15) is 14.0 Å². The van der Waals surface area contributed by atoms with E-state index in [1.165, 1.54) is 28.9 Å². The molecule has 3 aromatic rings. The number of halogens is 1. The molecule has 6 nitrogen and oxygen atoms in total. The van der Waals surface area contributed by atoms with Gasteiger partial charge in [0.05, 0.1) is 12.5 Å². The predicted octanol–water partition coefficient (Wildman–Crippen LogP) is 5.46. The molecule has 0 unspecified atom stereocenters.